The molecule has 1 aromatic heterocycles. The second-order valence-corrected chi connectivity index (χ2v) is 7.56. The summed E-state index contributed by atoms with van der Waals surface area (Å²) in [5.41, 5.74) is 6.02. The van der Waals surface area contributed by atoms with Crippen LogP contribution in [0.4, 0.5) is 5.82 Å². The minimum absolute atomic E-state index is 0.0502. The standard InChI is InChI=1S/C13H22N4O2S/c14-13-12(9-15-17(13)11-7-3-4-8-11)20(18,19)16-10-5-1-2-6-10/h9-11,16H,1-8,14H2. The van der Waals surface area contributed by atoms with E-state index in [0.717, 1.165) is 51.4 Å². The van der Waals surface area contributed by atoms with Gasteiger partial charge in [-0.05, 0) is 25.7 Å². The summed E-state index contributed by atoms with van der Waals surface area (Å²) in [7, 11) is -3.54. The number of hydrogen-bond acceptors (Lipinski definition) is 4. The fourth-order valence-corrected chi connectivity index (χ4v) is 4.69. The maximum Gasteiger partial charge on any atom is 0.246 e. The molecule has 7 heteroatoms. The predicted octanol–water partition coefficient (Wildman–Crippen LogP) is 1.80. The van der Waals surface area contributed by atoms with Crippen LogP contribution in [0, 0.1) is 0 Å². The lowest BCUT2D eigenvalue weighted by atomic mass is 10.2. The smallest absolute Gasteiger partial charge is 0.246 e. The third-order valence-corrected chi connectivity index (χ3v) is 5.97. The SMILES string of the molecule is Nc1c(S(=O)(=O)NC2CCCC2)cnn1C1CCCC1. The van der Waals surface area contributed by atoms with Crippen molar-refractivity contribution in [1.82, 2.24) is 14.5 Å². The van der Waals surface area contributed by atoms with Crippen LogP contribution in [-0.4, -0.2) is 24.2 Å². The Morgan fingerprint density at radius 1 is 1.15 bits per heavy atom. The zero-order valence-corrected chi connectivity index (χ0v) is 12.4. The molecule has 112 valence electrons. The van der Waals surface area contributed by atoms with Crippen molar-refractivity contribution in [3.63, 3.8) is 0 Å². The summed E-state index contributed by atoms with van der Waals surface area (Å²) in [6, 6.07) is 0.305. The van der Waals surface area contributed by atoms with Crippen molar-refractivity contribution in [2.24, 2.45) is 0 Å². The minimum atomic E-state index is -3.54. The molecule has 6 nitrogen and oxygen atoms in total. The largest absolute Gasteiger partial charge is 0.383 e. The van der Waals surface area contributed by atoms with Crippen LogP contribution in [0.25, 0.3) is 0 Å². The summed E-state index contributed by atoms with van der Waals surface area (Å²) in [6.45, 7) is 0. The molecule has 0 bridgehead atoms. The van der Waals surface area contributed by atoms with Crippen LogP contribution in [-0.2, 0) is 10.0 Å². The highest BCUT2D eigenvalue weighted by Crippen LogP contribution is 2.33. The maximum atomic E-state index is 12.4. The van der Waals surface area contributed by atoms with Gasteiger partial charge in [0.25, 0.3) is 0 Å². The van der Waals surface area contributed by atoms with Crippen molar-refractivity contribution < 1.29 is 8.42 Å². The van der Waals surface area contributed by atoms with Crippen LogP contribution < -0.4 is 10.5 Å². The molecular formula is C13H22N4O2S. The lowest BCUT2D eigenvalue weighted by Gasteiger charge is -2.14. The average molecular weight is 298 g/mol. The lowest BCUT2D eigenvalue weighted by Crippen LogP contribution is -2.33. The molecule has 0 radical (unpaired) electrons. The third kappa shape index (κ3) is 2.56. The van der Waals surface area contributed by atoms with E-state index >= 15 is 0 Å². The molecule has 0 spiro atoms. The van der Waals surface area contributed by atoms with Crippen LogP contribution in [0.1, 0.15) is 57.4 Å². The molecule has 3 rings (SSSR count). The molecular weight excluding hydrogens is 276 g/mol. The van der Waals surface area contributed by atoms with Gasteiger partial charge in [0, 0.05) is 6.04 Å². The summed E-state index contributed by atoms with van der Waals surface area (Å²) >= 11 is 0. The first kappa shape index (κ1) is 13.9. The molecule has 2 fully saturated rings. The lowest BCUT2D eigenvalue weighted by molar-refractivity contribution is 0.473. The van der Waals surface area contributed by atoms with E-state index in [9.17, 15) is 8.42 Å². The first-order valence-corrected chi connectivity index (χ1v) is 8.91. The predicted molar refractivity (Wildman–Crippen MR) is 76.7 cm³/mol. The zero-order chi connectivity index (χ0) is 14.2. The van der Waals surface area contributed by atoms with Gasteiger partial charge in [0.15, 0.2) is 0 Å². The molecule has 2 aliphatic carbocycles. The van der Waals surface area contributed by atoms with Gasteiger partial charge in [0.1, 0.15) is 10.7 Å². The van der Waals surface area contributed by atoms with Crippen LogP contribution in [0.2, 0.25) is 0 Å². The molecule has 20 heavy (non-hydrogen) atoms. The molecule has 0 unspecified atom stereocenters. The van der Waals surface area contributed by atoms with E-state index in [1.807, 2.05) is 0 Å². The molecule has 3 N–H and O–H groups in total. The van der Waals surface area contributed by atoms with Gasteiger partial charge in [-0.1, -0.05) is 25.7 Å². The van der Waals surface area contributed by atoms with Gasteiger partial charge >= 0.3 is 0 Å². The molecule has 0 aliphatic heterocycles. The second kappa shape index (κ2) is 5.37. The summed E-state index contributed by atoms with van der Waals surface area (Å²) in [5.74, 6) is 0.280. The van der Waals surface area contributed by atoms with Gasteiger partial charge in [-0.3, -0.25) is 0 Å². The van der Waals surface area contributed by atoms with Crippen LogP contribution in [0.5, 0.6) is 0 Å². The molecule has 1 aromatic rings. The number of anilines is 1. The summed E-state index contributed by atoms with van der Waals surface area (Å²) in [4.78, 5) is 0.135. The van der Waals surface area contributed by atoms with Crippen molar-refractivity contribution in [2.75, 3.05) is 5.73 Å². The minimum Gasteiger partial charge on any atom is -0.383 e. The van der Waals surface area contributed by atoms with Crippen molar-refractivity contribution in [3.8, 4) is 0 Å². The van der Waals surface area contributed by atoms with E-state index in [4.69, 9.17) is 5.73 Å². The third-order valence-electron chi connectivity index (χ3n) is 4.44. The number of rotatable bonds is 4. The fourth-order valence-electron chi connectivity index (χ4n) is 3.33. The van der Waals surface area contributed by atoms with Gasteiger partial charge in [-0.2, -0.15) is 5.10 Å². The highest BCUT2D eigenvalue weighted by molar-refractivity contribution is 7.89. The Morgan fingerprint density at radius 2 is 1.75 bits per heavy atom. The van der Waals surface area contributed by atoms with E-state index in [0.29, 0.717) is 0 Å². The molecule has 0 aromatic carbocycles. The molecule has 0 amide bonds. The Kier molecular flexibility index (Phi) is 3.72. The number of nitrogens with one attached hydrogen (secondary N) is 1. The Labute approximate surface area is 119 Å². The van der Waals surface area contributed by atoms with Crippen LogP contribution in [0.15, 0.2) is 11.1 Å². The van der Waals surface area contributed by atoms with E-state index in [-0.39, 0.29) is 22.8 Å². The zero-order valence-electron chi connectivity index (χ0n) is 11.6. The Morgan fingerprint density at radius 3 is 2.40 bits per heavy atom. The molecule has 0 saturated heterocycles. The first-order valence-electron chi connectivity index (χ1n) is 7.43. The van der Waals surface area contributed by atoms with Crippen molar-refractivity contribution in [2.45, 2.75) is 68.3 Å². The van der Waals surface area contributed by atoms with E-state index in [1.54, 1.807) is 4.68 Å². The van der Waals surface area contributed by atoms with Crippen LogP contribution in [0.3, 0.4) is 0 Å². The highest BCUT2D eigenvalue weighted by Gasteiger charge is 2.29. The average Bonchev–Trinajstić information content (AvgIpc) is 3.07. The van der Waals surface area contributed by atoms with Crippen LogP contribution >= 0.6 is 0 Å². The summed E-state index contributed by atoms with van der Waals surface area (Å²) in [6.07, 6.45) is 9.77. The quantitative estimate of drug-likeness (QED) is 0.887. The Balaban J connectivity index is 1.82. The van der Waals surface area contributed by atoms with Gasteiger partial charge in [0.2, 0.25) is 10.0 Å². The van der Waals surface area contributed by atoms with Gasteiger partial charge in [-0.15, -0.1) is 0 Å². The van der Waals surface area contributed by atoms with Crippen molar-refractivity contribution in [3.05, 3.63) is 6.20 Å². The Bertz CT molecular complexity index is 569. The number of nitrogens with zero attached hydrogens (tertiary/aromatic N) is 2. The van der Waals surface area contributed by atoms with Gasteiger partial charge in [0.05, 0.1) is 12.2 Å². The Hall–Kier alpha value is -1.08. The number of nitrogen functional groups attached to an aromatic ring is 1. The topological polar surface area (TPSA) is 90.0 Å². The van der Waals surface area contributed by atoms with E-state index in [2.05, 4.69) is 9.82 Å². The number of hydrogen-bond donors (Lipinski definition) is 2. The number of sulfonamides is 1. The van der Waals surface area contributed by atoms with E-state index in [1.165, 1.54) is 6.20 Å². The summed E-state index contributed by atoms with van der Waals surface area (Å²) in [5, 5.41) is 4.21. The molecule has 2 saturated carbocycles. The monoisotopic (exact) mass is 298 g/mol. The van der Waals surface area contributed by atoms with Crippen molar-refractivity contribution >= 4 is 15.8 Å². The molecule has 0 atom stereocenters. The van der Waals surface area contributed by atoms with E-state index < -0.39 is 10.0 Å². The number of aromatic nitrogens is 2. The fraction of sp³-hybridized carbons (Fsp3) is 0.769. The van der Waals surface area contributed by atoms with Crippen molar-refractivity contribution in [1.29, 1.82) is 0 Å². The van der Waals surface area contributed by atoms with Gasteiger partial charge in [-0.25, -0.2) is 17.8 Å². The second-order valence-electron chi connectivity index (χ2n) is 5.88. The van der Waals surface area contributed by atoms with Gasteiger partial charge < -0.3 is 5.73 Å². The first-order chi connectivity index (χ1) is 9.58. The maximum absolute atomic E-state index is 12.4. The number of nitrogens with two attached hydrogens (primary N) is 1. The molecule has 2 aliphatic rings. The summed E-state index contributed by atoms with van der Waals surface area (Å²) < 4.78 is 29.2. The highest BCUT2D eigenvalue weighted by atomic mass is 32.2. The normalized spacial score (nSPS) is 21.8. The molecule has 1 heterocycles.